The predicted octanol–water partition coefficient (Wildman–Crippen LogP) is 2.12. The molecule has 0 spiro atoms. The van der Waals surface area contributed by atoms with E-state index in [0.717, 1.165) is 24.5 Å². The normalized spacial score (nSPS) is 18.6. The molecular formula is C14H17N3O2. The molecule has 5 heteroatoms. The average Bonchev–Trinajstić information content (AvgIpc) is 3.10. The van der Waals surface area contributed by atoms with E-state index in [0.29, 0.717) is 18.9 Å². The van der Waals surface area contributed by atoms with Crippen molar-refractivity contribution in [3.63, 3.8) is 0 Å². The second-order valence-electron chi connectivity index (χ2n) is 4.61. The zero-order chi connectivity index (χ0) is 12.9. The van der Waals surface area contributed by atoms with E-state index in [1.807, 2.05) is 30.3 Å². The summed E-state index contributed by atoms with van der Waals surface area (Å²) in [7, 11) is 0. The van der Waals surface area contributed by atoms with Gasteiger partial charge in [-0.05, 0) is 31.5 Å². The molecule has 0 saturated carbocycles. The quantitative estimate of drug-likeness (QED) is 0.891. The van der Waals surface area contributed by atoms with Crippen molar-refractivity contribution in [2.45, 2.75) is 25.3 Å². The first-order valence-corrected chi connectivity index (χ1v) is 6.65. The first-order valence-electron chi connectivity index (χ1n) is 6.65. The monoisotopic (exact) mass is 259 g/mol. The molecule has 2 aromatic rings. The molecule has 1 fully saturated rings. The van der Waals surface area contributed by atoms with Crippen LogP contribution in [0.1, 0.15) is 30.6 Å². The molecule has 1 saturated heterocycles. The minimum atomic E-state index is 0.257. The lowest BCUT2D eigenvalue weighted by atomic mass is 10.2. The number of hydrogen-bond acceptors (Lipinski definition) is 5. The maximum absolute atomic E-state index is 5.60. The van der Waals surface area contributed by atoms with Crippen LogP contribution >= 0.6 is 0 Å². The number of nitrogens with zero attached hydrogens (tertiary/aromatic N) is 2. The Morgan fingerprint density at radius 3 is 3.00 bits per heavy atom. The van der Waals surface area contributed by atoms with Crippen LogP contribution in [-0.4, -0.2) is 23.3 Å². The fraction of sp³-hybridized carbons (Fsp3) is 0.429. The van der Waals surface area contributed by atoms with E-state index in [9.17, 15) is 0 Å². The number of ether oxygens (including phenoxy) is 1. The van der Waals surface area contributed by atoms with Crippen LogP contribution in [0.25, 0.3) is 0 Å². The Balaban J connectivity index is 1.50. The molecule has 0 radical (unpaired) electrons. The van der Waals surface area contributed by atoms with Crippen molar-refractivity contribution in [1.29, 1.82) is 0 Å². The first kappa shape index (κ1) is 12.2. The molecule has 1 unspecified atom stereocenters. The number of nitrogens with one attached hydrogen (secondary N) is 1. The SMILES string of the molecule is c1ccc(OCCc2nc(C3CCCN3)no2)cc1. The lowest BCUT2D eigenvalue weighted by Gasteiger charge is -2.03. The van der Waals surface area contributed by atoms with Gasteiger partial charge in [0.25, 0.3) is 0 Å². The van der Waals surface area contributed by atoms with Crippen LogP contribution in [0.4, 0.5) is 0 Å². The molecule has 1 N–H and O–H groups in total. The van der Waals surface area contributed by atoms with Crippen LogP contribution in [0.3, 0.4) is 0 Å². The number of rotatable bonds is 5. The van der Waals surface area contributed by atoms with Crippen molar-refractivity contribution in [3.05, 3.63) is 42.0 Å². The summed E-state index contributed by atoms with van der Waals surface area (Å²) in [6.45, 7) is 1.58. The van der Waals surface area contributed by atoms with Crippen molar-refractivity contribution in [3.8, 4) is 5.75 Å². The first-order chi connectivity index (χ1) is 9.42. The maximum Gasteiger partial charge on any atom is 0.230 e. The van der Waals surface area contributed by atoms with Crippen LogP contribution < -0.4 is 10.1 Å². The lowest BCUT2D eigenvalue weighted by Crippen LogP contribution is -2.14. The molecule has 1 atom stereocenters. The van der Waals surface area contributed by atoms with Crippen molar-refractivity contribution in [2.24, 2.45) is 0 Å². The molecule has 5 nitrogen and oxygen atoms in total. The van der Waals surface area contributed by atoms with Gasteiger partial charge in [-0.2, -0.15) is 4.98 Å². The number of hydrogen-bond donors (Lipinski definition) is 1. The molecule has 3 rings (SSSR count). The van der Waals surface area contributed by atoms with Crippen LogP contribution in [0.2, 0.25) is 0 Å². The Labute approximate surface area is 112 Å². The van der Waals surface area contributed by atoms with Gasteiger partial charge < -0.3 is 14.6 Å². The second-order valence-corrected chi connectivity index (χ2v) is 4.61. The predicted molar refractivity (Wildman–Crippen MR) is 69.9 cm³/mol. The minimum Gasteiger partial charge on any atom is -0.493 e. The Kier molecular flexibility index (Phi) is 3.74. The average molecular weight is 259 g/mol. The summed E-state index contributed by atoms with van der Waals surface area (Å²) in [6.07, 6.45) is 2.89. The molecule has 100 valence electrons. The lowest BCUT2D eigenvalue weighted by molar-refractivity contribution is 0.291. The third-order valence-electron chi connectivity index (χ3n) is 3.18. The minimum absolute atomic E-state index is 0.257. The van der Waals surface area contributed by atoms with Gasteiger partial charge in [0, 0.05) is 0 Å². The second kappa shape index (κ2) is 5.84. The van der Waals surface area contributed by atoms with Gasteiger partial charge in [0.1, 0.15) is 5.75 Å². The fourth-order valence-electron chi connectivity index (χ4n) is 2.19. The summed E-state index contributed by atoms with van der Waals surface area (Å²) < 4.78 is 10.8. The van der Waals surface area contributed by atoms with E-state index in [2.05, 4.69) is 15.5 Å². The van der Waals surface area contributed by atoms with Gasteiger partial charge in [-0.1, -0.05) is 23.4 Å². The van der Waals surface area contributed by atoms with Gasteiger partial charge in [-0.3, -0.25) is 0 Å². The molecule has 1 aromatic carbocycles. The van der Waals surface area contributed by atoms with Crippen molar-refractivity contribution < 1.29 is 9.26 Å². The van der Waals surface area contributed by atoms with Gasteiger partial charge >= 0.3 is 0 Å². The Hall–Kier alpha value is -1.88. The zero-order valence-corrected chi connectivity index (χ0v) is 10.7. The number of para-hydroxylation sites is 1. The largest absolute Gasteiger partial charge is 0.493 e. The summed E-state index contributed by atoms with van der Waals surface area (Å²) in [5, 5.41) is 7.37. The molecule has 0 amide bonds. The molecule has 1 aromatic heterocycles. The third kappa shape index (κ3) is 3.12. The molecular weight excluding hydrogens is 242 g/mol. The molecule has 0 bridgehead atoms. The molecule has 1 aliphatic heterocycles. The van der Waals surface area contributed by atoms with Crippen LogP contribution in [0.5, 0.6) is 5.75 Å². The van der Waals surface area contributed by atoms with E-state index < -0.39 is 0 Å². The standard InChI is InChI=1S/C14H17N3O2/c1-2-5-11(6-3-1)18-10-8-13-16-14(17-19-13)12-7-4-9-15-12/h1-3,5-6,12,15H,4,7-10H2. The van der Waals surface area contributed by atoms with E-state index >= 15 is 0 Å². The van der Waals surface area contributed by atoms with Gasteiger partial charge in [0.05, 0.1) is 19.1 Å². The van der Waals surface area contributed by atoms with Gasteiger partial charge in [0.15, 0.2) is 5.82 Å². The highest BCUT2D eigenvalue weighted by Gasteiger charge is 2.21. The van der Waals surface area contributed by atoms with Crippen LogP contribution in [0.15, 0.2) is 34.9 Å². The van der Waals surface area contributed by atoms with Crippen molar-refractivity contribution >= 4 is 0 Å². The summed E-state index contributed by atoms with van der Waals surface area (Å²) in [4.78, 5) is 4.40. The van der Waals surface area contributed by atoms with E-state index in [-0.39, 0.29) is 6.04 Å². The molecule has 1 aliphatic rings. The number of aromatic nitrogens is 2. The highest BCUT2D eigenvalue weighted by atomic mass is 16.5. The van der Waals surface area contributed by atoms with E-state index in [4.69, 9.17) is 9.26 Å². The van der Waals surface area contributed by atoms with Crippen LogP contribution in [0, 0.1) is 0 Å². The van der Waals surface area contributed by atoms with Crippen LogP contribution in [-0.2, 0) is 6.42 Å². The molecule has 0 aliphatic carbocycles. The topological polar surface area (TPSA) is 60.2 Å². The van der Waals surface area contributed by atoms with Gasteiger partial charge in [0.2, 0.25) is 5.89 Å². The zero-order valence-electron chi connectivity index (χ0n) is 10.7. The summed E-state index contributed by atoms with van der Waals surface area (Å²) in [5.41, 5.74) is 0. The fourth-order valence-corrected chi connectivity index (χ4v) is 2.19. The number of benzene rings is 1. The summed E-state index contributed by atoms with van der Waals surface area (Å²) >= 11 is 0. The Morgan fingerprint density at radius 1 is 1.32 bits per heavy atom. The molecule has 2 heterocycles. The van der Waals surface area contributed by atoms with E-state index in [1.54, 1.807) is 0 Å². The van der Waals surface area contributed by atoms with Gasteiger partial charge in [-0.15, -0.1) is 0 Å². The maximum atomic E-state index is 5.60. The Bertz CT molecular complexity index is 506. The molecule has 19 heavy (non-hydrogen) atoms. The van der Waals surface area contributed by atoms with E-state index in [1.165, 1.54) is 6.42 Å². The summed E-state index contributed by atoms with van der Waals surface area (Å²) in [5.74, 6) is 2.27. The van der Waals surface area contributed by atoms with Crippen molar-refractivity contribution in [2.75, 3.05) is 13.2 Å². The van der Waals surface area contributed by atoms with Crippen molar-refractivity contribution in [1.82, 2.24) is 15.5 Å². The summed E-state index contributed by atoms with van der Waals surface area (Å²) in [6, 6.07) is 9.99. The Morgan fingerprint density at radius 2 is 2.21 bits per heavy atom. The highest BCUT2D eigenvalue weighted by Crippen LogP contribution is 2.20. The third-order valence-corrected chi connectivity index (χ3v) is 3.18. The van der Waals surface area contributed by atoms with Gasteiger partial charge in [-0.25, -0.2) is 0 Å². The highest BCUT2D eigenvalue weighted by molar-refractivity contribution is 5.20. The smallest absolute Gasteiger partial charge is 0.230 e.